The summed E-state index contributed by atoms with van der Waals surface area (Å²) in [4.78, 5) is 44.8. The molecule has 2 aromatic heterocycles. The van der Waals surface area contributed by atoms with Crippen LogP contribution in [0.1, 0.15) is 53.2 Å². The maximum Gasteiger partial charge on any atom is 0.404 e. The number of rotatable bonds is 10. The Labute approximate surface area is 223 Å². The molecule has 0 fully saturated rings. The molecule has 2 amide bonds. The summed E-state index contributed by atoms with van der Waals surface area (Å²) >= 11 is 6.03. The highest BCUT2D eigenvalue weighted by Gasteiger charge is 2.30. The third-order valence-corrected chi connectivity index (χ3v) is 6.50. The van der Waals surface area contributed by atoms with Crippen LogP contribution in [0.3, 0.4) is 0 Å². The average molecular weight is 538 g/mol. The number of carbonyl (C=O) groups is 2. The molecule has 2 N–H and O–H groups in total. The molecule has 0 aliphatic heterocycles. The van der Waals surface area contributed by atoms with Crippen molar-refractivity contribution in [2.75, 3.05) is 13.1 Å². The van der Waals surface area contributed by atoms with Gasteiger partial charge in [-0.05, 0) is 49.6 Å². The van der Waals surface area contributed by atoms with Gasteiger partial charge in [0.05, 0.1) is 18.3 Å². The fourth-order valence-electron chi connectivity index (χ4n) is 4.40. The Kier molecular flexibility index (Phi) is 8.42. The Hall–Kier alpha value is -4.18. The van der Waals surface area contributed by atoms with Crippen LogP contribution in [0, 0.1) is 6.92 Å². The predicted octanol–water partition coefficient (Wildman–Crippen LogP) is 4.65. The summed E-state index contributed by atoms with van der Waals surface area (Å²) in [5.74, 6) is 0.0664. The number of carbonyl (C=O) groups excluding carboxylic acids is 1. The molecule has 4 rings (SSSR count). The van der Waals surface area contributed by atoms with Gasteiger partial charge in [0.15, 0.2) is 0 Å². The molecule has 38 heavy (non-hydrogen) atoms. The van der Waals surface area contributed by atoms with Crippen molar-refractivity contribution in [3.63, 3.8) is 0 Å². The summed E-state index contributed by atoms with van der Waals surface area (Å²) < 4.78 is 6.93. The number of carboxylic acid groups (broad SMARTS) is 1. The minimum atomic E-state index is -1.14. The molecule has 0 aliphatic rings. The van der Waals surface area contributed by atoms with Crippen LogP contribution in [0.2, 0.25) is 5.02 Å². The standard InChI is InChI=1S/C27H28ClN5O5/c1-3-21(32(15-7-14-29-27(36)37)25(34)19-10-12-20(28)13-11-19)23-30-24-22(17(2)31-38-24)26(35)33(23)16-18-8-5-4-6-9-18/h4-6,8-13,21,29H,3,7,14-16H2,1-2H3,(H,36,37). The second kappa shape index (κ2) is 11.9. The van der Waals surface area contributed by atoms with E-state index in [1.54, 1.807) is 40.7 Å². The lowest BCUT2D eigenvalue weighted by molar-refractivity contribution is 0.0654. The number of nitrogens with zero attached hydrogens (tertiary/aromatic N) is 4. The van der Waals surface area contributed by atoms with Gasteiger partial charge < -0.3 is 19.8 Å². The van der Waals surface area contributed by atoms with Crippen LogP contribution in [0.5, 0.6) is 0 Å². The van der Waals surface area contributed by atoms with Gasteiger partial charge in [-0.25, -0.2) is 4.79 Å². The van der Waals surface area contributed by atoms with E-state index in [4.69, 9.17) is 26.2 Å². The molecular weight excluding hydrogens is 510 g/mol. The van der Waals surface area contributed by atoms with Crippen molar-refractivity contribution in [1.29, 1.82) is 0 Å². The van der Waals surface area contributed by atoms with Crippen LogP contribution < -0.4 is 10.9 Å². The van der Waals surface area contributed by atoms with Gasteiger partial charge in [0.2, 0.25) is 0 Å². The summed E-state index contributed by atoms with van der Waals surface area (Å²) in [6.45, 7) is 4.19. The van der Waals surface area contributed by atoms with Crippen LogP contribution in [0.25, 0.3) is 11.1 Å². The number of fused-ring (bicyclic) bond motifs is 1. The third-order valence-electron chi connectivity index (χ3n) is 6.24. The van der Waals surface area contributed by atoms with Crippen molar-refractivity contribution in [2.45, 2.75) is 39.3 Å². The summed E-state index contributed by atoms with van der Waals surface area (Å²) in [7, 11) is 0. The Morgan fingerprint density at radius 3 is 2.53 bits per heavy atom. The van der Waals surface area contributed by atoms with Gasteiger partial charge in [-0.1, -0.05) is 54.0 Å². The number of hydrogen-bond acceptors (Lipinski definition) is 6. The molecule has 1 atom stereocenters. The maximum atomic E-state index is 13.8. The number of amides is 2. The lowest BCUT2D eigenvalue weighted by Crippen LogP contribution is -2.40. The second-order valence-electron chi connectivity index (χ2n) is 8.81. The van der Waals surface area contributed by atoms with E-state index in [0.717, 1.165) is 5.56 Å². The summed E-state index contributed by atoms with van der Waals surface area (Å²) in [5.41, 5.74) is 1.54. The zero-order valence-corrected chi connectivity index (χ0v) is 21.8. The predicted molar refractivity (Wildman–Crippen MR) is 143 cm³/mol. The van der Waals surface area contributed by atoms with E-state index >= 15 is 0 Å². The molecular formula is C27H28ClN5O5. The molecule has 10 nitrogen and oxygen atoms in total. The van der Waals surface area contributed by atoms with E-state index in [-0.39, 0.29) is 36.8 Å². The molecule has 0 spiro atoms. The molecule has 2 heterocycles. The molecule has 11 heteroatoms. The molecule has 0 saturated heterocycles. The lowest BCUT2D eigenvalue weighted by atomic mass is 10.1. The topological polar surface area (TPSA) is 131 Å². The lowest BCUT2D eigenvalue weighted by Gasteiger charge is -2.32. The molecule has 0 saturated carbocycles. The van der Waals surface area contributed by atoms with Crippen molar-refractivity contribution in [2.24, 2.45) is 0 Å². The Bertz CT molecular complexity index is 1480. The van der Waals surface area contributed by atoms with Gasteiger partial charge in [-0.2, -0.15) is 4.98 Å². The minimum absolute atomic E-state index is 0.108. The van der Waals surface area contributed by atoms with Crippen LogP contribution in [-0.4, -0.2) is 49.8 Å². The van der Waals surface area contributed by atoms with Gasteiger partial charge >= 0.3 is 6.09 Å². The average Bonchev–Trinajstić information content (AvgIpc) is 3.28. The molecule has 0 bridgehead atoms. The van der Waals surface area contributed by atoms with E-state index < -0.39 is 12.1 Å². The molecule has 2 aromatic carbocycles. The molecule has 0 radical (unpaired) electrons. The van der Waals surface area contributed by atoms with Crippen molar-refractivity contribution >= 4 is 34.7 Å². The number of aromatic nitrogens is 3. The number of benzene rings is 2. The first-order chi connectivity index (χ1) is 18.3. The van der Waals surface area contributed by atoms with Crippen molar-refractivity contribution in [3.8, 4) is 0 Å². The minimum Gasteiger partial charge on any atom is -0.465 e. The summed E-state index contributed by atoms with van der Waals surface area (Å²) in [5, 5.41) is 16.0. The first-order valence-electron chi connectivity index (χ1n) is 12.2. The van der Waals surface area contributed by atoms with E-state index in [9.17, 15) is 14.4 Å². The van der Waals surface area contributed by atoms with Crippen LogP contribution in [0.15, 0.2) is 63.9 Å². The van der Waals surface area contributed by atoms with Crippen LogP contribution in [-0.2, 0) is 6.54 Å². The summed E-state index contributed by atoms with van der Waals surface area (Å²) in [6, 6.07) is 15.4. The molecule has 4 aromatic rings. The number of aryl methyl sites for hydroxylation is 1. The van der Waals surface area contributed by atoms with Gasteiger partial charge in [0, 0.05) is 23.7 Å². The zero-order valence-electron chi connectivity index (χ0n) is 21.1. The fourth-order valence-corrected chi connectivity index (χ4v) is 4.53. The first-order valence-corrected chi connectivity index (χ1v) is 12.6. The highest BCUT2D eigenvalue weighted by molar-refractivity contribution is 6.30. The largest absolute Gasteiger partial charge is 0.465 e. The van der Waals surface area contributed by atoms with E-state index in [2.05, 4.69) is 10.5 Å². The highest BCUT2D eigenvalue weighted by Crippen LogP contribution is 2.27. The van der Waals surface area contributed by atoms with Crippen LogP contribution >= 0.6 is 11.6 Å². The number of halogens is 1. The van der Waals surface area contributed by atoms with E-state index in [1.165, 1.54) is 0 Å². The highest BCUT2D eigenvalue weighted by atomic mass is 35.5. The van der Waals surface area contributed by atoms with Gasteiger partial charge in [-0.3, -0.25) is 14.2 Å². The Balaban J connectivity index is 1.82. The van der Waals surface area contributed by atoms with Crippen molar-refractivity contribution in [3.05, 3.63) is 92.6 Å². The quantitative estimate of drug-likeness (QED) is 0.282. The first kappa shape index (κ1) is 26.9. The number of nitrogens with one attached hydrogen (secondary N) is 1. The second-order valence-corrected chi connectivity index (χ2v) is 9.25. The molecule has 1 unspecified atom stereocenters. The fraction of sp³-hybridized carbons (Fsp3) is 0.296. The van der Waals surface area contributed by atoms with Gasteiger partial charge in [0.1, 0.15) is 11.2 Å². The monoisotopic (exact) mass is 537 g/mol. The number of hydrogen-bond donors (Lipinski definition) is 2. The van der Waals surface area contributed by atoms with E-state index in [0.29, 0.717) is 40.3 Å². The van der Waals surface area contributed by atoms with Crippen molar-refractivity contribution < 1.29 is 19.2 Å². The summed E-state index contributed by atoms with van der Waals surface area (Å²) in [6.07, 6.45) is -0.350. The Morgan fingerprint density at radius 2 is 1.87 bits per heavy atom. The maximum absolute atomic E-state index is 13.8. The van der Waals surface area contributed by atoms with E-state index in [1.807, 2.05) is 37.3 Å². The third kappa shape index (κ3) is 5.86. The smallest absolute Gasteiger partial charge is 0.404 e. The van der Waals surface area contributed by atoms with Crippen molar-refractivity contribution in [1.82, 2.24) is 24.9 Å². The molecule has 198 valence electrons. The Morgan fingerprint density at radius 1 is 1.16 bits per heavy atom. The SMILES string of the molecule is CCC(c1nc2onc(C)c2c(=O)n1Cc1ccccc1)N(CCCNC(=O)O)C(=O)c1ccc(Cl)cc1. The van der Waals surface area contributed by atoms with Crippen LogP contribution in [0.4, 0.5) is 4.79 Å². The van der Waals surface area contributed by atoms with Gasteiger partial charge in [0.25, 0.3) is 17.2 Å². The van der Waals surface area contributed by atoms with Gasteiger partial charge in [-0.15, -0.1) is 0 Å². The molecule has 0 aliphatic carbocycles. The normalized spacial score (nSPS) is 11.9. The zero-order chi connectivity index (χ0) is 27.2.